The van der Waals surface area contributed by atoms with E-state index in [1.807, 2.05) is 0 Å². The van der Waals surface area contributed by atoms with E-state index in [-0.39, 0.29) is 13.0 Å². The van der Waals surface area contributed by atoms with E-state index in [1.165, 1.54) is 20.8 Å². The molecule has 0 heterocycles. The highest BCUT2D eigenvalue weighted by Gasteiger charge is 2.36. The van der Waals surface area contributed by atoms with Crippen LogP contribution in [-0.2, 0) is 14.3 Å². The third-order valence-corrected chi connectivity index (χ3v) is 2.11. The van der Waals surface area contributed by atoms with Gasteiger partial charge in [-0.3, -0.25) is 9.59 Å². The average molecular weight is 269 g/mol. The number of amides is 1. The van der Waals surface area contributed by atoms with Gasteiger partial charge in [-0.15, -0.1) is 0 Å². The number of halogens is 3. The minimum Gasteiger partial charge on any atom is -0.469 e. The molecule has 4 nitrogen and oxygen atoms in total. The fraction of sp³-hybridized carbons (Fsp3) is 0.818. The molecule has 0 fully saturated rings. The standard InChI is InChI=1S/C11H18F3NO3/c1-10(2,3)9(17)15(7-11(12,13)14)6-5-8(16)18-4/h5-7H2,1-4H3. The van der Waals surface area contributed by atoms with Crippen molar-refractivity contribution in [3.8, 4) is 0 Å². The van der Waals surface area contributed by atoms with Crippen molar-refractivity contribution in [1.82, 2.24) is 4.90 Å². The van der Waals surface area contributed by atoms with Crippen molar-refractivity contribution in [3.63, 3.8) is 0 Å². The van der Waals surface area contributed by atoms with Gasteiger partial charge >= 0.3 is 12.1 Å². The second-order valence-corrected chi connectivity index (χ2v) is 4.92. The van der Waals surface area contributed by atoms with E-state index in [4.69, 9.17) is 0 Å². The molecule has 0 atom stereocenters. The van der Waals surface area contributed by atoms with Crippen LogP contribution in [-0.4, -0.2) is 43.2 Å². The monoisotopic (exact) mass is 269 g/mol. The third kappa shape index (κ3) is 6.46. The smallest absolute Gasteiger partial charge is 0.406 e. The topological polar surface area (TPSA) is 46.6 Å². The second-order valence-electron chi connectivity index (χ2n) is 4.92. The van der Waals surface area contributed by atoms with Crippen molar-refractivity contribution in [3.05, 3.63) is 0 Å². The lowest BCUT2D eigenvalue weighted by molar-refractivity contribution is -0.167. The SMILES string of the molecule is COC(=O)CCN(CC(F)(F)F)C(=O)C(C)(C)C. The van der Waals surface area contributed by atoms with Crippen molar-refractivity contribution in [2.75, 3.05) is 20.2 Å². The van der Waals surface area contributed by atoms with E-state index in [0.717, 1.165) is 7.11 Å². The summed E-state index contributed by atoms with van der Waals surface area (Å²) in [5, 5.41) is 0. The van der Waals surface area contributed by atoms with Gasteiger partial charge in [-0.25, -0.2) is 0 Å². The minimum absolute atomic E-state index is 0.256. The van der Waals surface area contributed by atoms with Gasteiger partial charge < -0.3 is 9.64 Å². The Morgan fingerprint density at radius 3 is 2.00 bits per heavy atom. The molecule has 0 saturated heterocycles. The molecule has 0 aliphatic heterocycles. The van der Waals surface area contributed by atoms with Crippen LogP contribution in [0.4, 0.5) is 13.2 Å². The third-order valence-electron chi connectivity index (χ3n) is 2.11. The largest absolute Gasteiger partial charge is 0.469 e. The fourth-order valence-electron chi connectivity index (χ4n) is 1.27. The number of carbonyl (C=O) groups is 2. The summed E-state index contributed by atoms with van der Waals surface area (Å²) >= 11 is 0. The number of rotatable bonds is 4. The van der Waals surface area contributed by atoms with E-state index in [0.29, 0.717) is 4.90 Å². The van der Waals surface area contributed by atoms with Crippen LogP contribution in [0.2, 0.25) is 0 Å². The van der Waals surface area contributed by atoms with E-state index < -0.39 is 30.0 Å². The lowest BCUT2D eigenvalue weighted by atomic mass is 9.94. The average Bonchev–Trinajstić information content (AvgIpc) is 2.19. The van der Waals surface area contributed by atoms with Gasteiger partial charge in [-0.2, -0.15) is 13.2 Å². The van der Waals surface area contributed by atoms with Crippen LogP contribution in [0.5, 0.6) is 0 Å². The lowest BCUT2D eigenvalue weighted by Gasteiger charge is -2.29. The Labute approximate surface area is 104 Å². The summed E-state index contributed by atoms with van der Waals surface area (Å²) < 4.78 is 41.4. The van der Waals surface area contributed by atoms with E-state index in [9.17, 15) is 22.8 Å². The van der Waals surface area contributed by atoms with Gasteiger partial charge in [-0.1, -0.05) is 20.8 Å². The number of esters is 1. The molecular weight excluding hydrogens is 251 g/mol. The Bertz CT molecular complexity index is 308. The normalized spacial score (nSPS) is 12.2. The van der Waals surface area contributed by atoms with Crippen LogP contribution < -0.4 is 0 Å². The van der Waals surface area contributed by atoms with Gasteiger partial charge in [-0.05, 0) is 0 Å². The summed E-state index contributed by atoms with van der Waals surface area (Å²) in [5.41, 5.74) is -0.929. The predicted octanol–water partition coefficient (Wildman–Crippen LogP) is 1.99. The first-order valence-electron chi connectivity index (χ1n) is 5.40. The summed E-state index contributed by atoms with van der Waals surface area (Å²) in [5.74, 6) is -1.30. The van der Waals surface area contributed by atoms with Crippen LogP contribution in [0.3, 0.4) is 0 Å². The Kier molecular flexibility index (Phi) is 5.63. The molecule has 0 N–H and O–H groups in total. The summed E-state index contributed by atoms with van der Waals surface area (Å²) in [6.07, 6.45) is -4.74. The molecule has 0 spiro atoms. The van der Waals surface area contributed by atoms with Gasteiger partial charge in [0.05, 0.1) is 13.5 Å². The molecule has 0 rings (SSSR count). The van der Waals surface area contributed by atoms with Gasteiger partial charge in [0.25, 0.3) is 0 Å². The molecule has 1 amide bonds. The van der Waals surface area contributed by atoms with Crippen LogP contribution in [0.25, 0.3) is 0 Å². The Morgan fingerprint density at radius 2 is 1.67 bits per heavy atom. The first-order chi connectivity index (χ1) is 7.97. The van der Waals surface area contributed by atoms with Crippen LogP contribution in [0, 0.1) is 5.41 Å². The molecular formula is C11H18F3NO3. The highest BCUT2D eigenvalue weighted by molar-refractivity contribution is 5.82. The quantitative estimate of drug-likeness (QED) is 0.733. The number of methoxy groups -OCH3 is 1. The van der Waals surface area contributed by atoms with Crippen molar-refractivity contribution < 1.29 is 27.5 Å². The maximum atomic E-state index is 12.4. The van der Waals surface area contributed by atoms with E-state index in [2.05, 4.69) is 4.74 Å². The molecule has 0 aromatic carbocycles. The maximum absolute atomic E-state index is 12.4. The Hall–Kier alpha value is -1.27. The van der Waals surface area contributed by atoms with Crippen molar-refractivity contribution in [2.45, 2.75) is 33.4 Å². The molecule has 0 radical (unpaired) electrons. The summed E-state index contributed by atoms with van der Waals surface area (Å²) in [7, 11) is 1.14. The summed E-state index contributed by atoms with van der Waals surface area (Å²) in [4.78, 5) is 23.4. The van der Waals surface area contributed by atoms with Gasteiger partial charge in [0.15, 0.2) is 0 Å². The Morgan fingerprint density at radius 1 is 1.17 bits per heavy atom. The molecule has 0 aliphatic rings. The number of carbonyl (C=O) groups excluding carboxylic acids is 2. The molecule has 106 valence electrons. The molecule has 0 aliphatic carbocycles. The highest BCUT2D eigenvalue weighted by atomic mass is 19.4. The van der Waals surface area contributed by atoms with Gasteiger partial charge in [0.1, 0.15) is 6.54 Å². The number of nitrogens with zero attached hydrogens (tertiary/aromatic N) is 1. The summed E-state index contributed by atoms with van der Waals surface area (Å²) in [6.45, 7) is 2.91. The number of alkyl halides is 3. The van der Waals surface area contributed by atoms with Crippen LogP contribution in [0.15, 0.2) is 0 Å². The summed E-state index contributed by atoms with van der Waals surface area (Å²) in [6, 6.07) is 0. The molecule has 18 heavy (non-hydrogen) atoms. The highest BCUT2D eigenvalue weighted by Crippen LogP contribution is 2.22. The van der Waals surface area contributed by atoms with Crippen LogP contribution >= 0.6 is 0 Å². The molecule has 0 bridgehead atoms. The van der Waals surface area contributed by atoms with Crippen LogP contribution in [0.1, 0.15) is 27.2 Å². The molecule has 0 saturated carbocycles. The zero-order chi connectivity index (χ0) is 14.6. The fourth-order valence-corrected chi connectivity index (χ4v) is 1.27. The van der Waals surface area contributed by atoms with Gasteiger partial charge in [0.2, 0.25) is 5.91 Å². The first-order valence-corrected chi connectivity index (χ1v) is 5.40. The predicted molar refractivity (Wildman–Crippen MR) is 58.7 cm³/mol. The molecule has 0 aromatic heterocycles. The van der Waals surface area contributed by atoms with E-state index >= 15 is 0 Å². The first kappa shape index (κ1) is 16.7. The van der Waals surface area contributed by atoms with Crippen molar-refractivity contribution in [2.24, 2.45) is 5.41 Å². The number of hydrogen-bond donors (Lipinski definition) is 0. The molecule has 0 unspecified atom stereocenters. The second kappa shape index (κ2) is 6.06. The molecule has 7 heteroatoms. The lowest BCUT2D eigenvalue weighted by Crippen LogP contribution is -2.45. The number of hydrogen-bond acceptors (Lipinski definition) is 3. The van der Waals surface area contributed by atoms with Crippen molar-refractivity contribution in [1.29, 1.82) is 0 Å². The minimum atomic E-state index is -4.49. The molecule has 0 aromatic rings. The van der Waals surface area contributed by atoms with Crippen molar-refractivity contribution >= 4 is 11.9 Å². The van der Waals surface area contributed by atoms with E-state index in [1.54, 1.807) is 0 Å². The maximum Gasteiger partial charge on any atom is 0.406 e. The zero-order valence-electron chi connectivity index (χ0n) is 10.9. The van der Waals surface area contributed by atoms with Gasteiger partial charge in [0, 0.05) is 12.0 Å². The Balaban J connectivity index is 4.73. The number of ether oxygens (including phenoxy) is 1. The zero-order valence-corrected chi connectivity index (χ0v) is 10.9.